The van der Waals surface area contributed by atoms with E-state index < -0.39 is 0 Å². The molecule has 0 radical (unpaired) electrons. The monoisotopic (exact) mass is 326 g/mol. The van der Waals surface area contributed by atoms with Crippen molar-refractivity contribution >= 4 is 21.7 Å². The molecule has 1 fully saturated rings. The second-order valence-corrected chi connectivity index (χ2v) is 5.74. The molecule has 0 saturated heterocycles. The number of benzene rings is 1. The van der Waals surface area contributed by atoms with E-state index in [1.807, 2.05) is 0 Å². The molecule has 0 aliphatic heterocycles. The van der Waals surface area contributed by atoms with Crippen molar-refractivity contribution in [3.05, 3.63) is 22.2 Å². The Bertz CT molecular complexity index is 465. The molecule has 0 atom stereocenters. The maximum absolute atomic E-state index is 12.6. The second-order valence-electron chi connectivity index (χ2n) is 4.89. The normalized spacial score (nSPS) is 16.2. The van der Waals surface area contributed by atoms with E-state index >= 15 is 0 Å². The first-order valence-corrected chi connectivity index (χ1v) is 7.42. The van der Waals surface area contributed by atoms with Gasteiger partial charge < -0.3 is 9.47 Å². The van der Waals surface area contributed by atoms with Gasteiger partial charge >= 0.3 is 0 Å². The average molecular weight is 327 g/mol. The van der Waals surface area contributed by atoms with E-state index in [-0.39, 0.29) is 11.7 Å². The van der Waals surface area contributed by atoms with Gasteiger partial charge in [0.25, 0.3) is 0 Å². The third-order valence-corrected chi connectivity index (χ3v) is 4.37. The number of methoxy groups -OCH3 is 2. The Morgan fingerprint density at radius 2 is 1.68 bits per heavy atom. The molecule has 0 heterocycles. The molecule has 104 valence electrons. The highest BCUT2D eigenvalue weighted by atomic mass is 79.9. The topological polar surface area (TPSA) is 35.5 Å². The van der Waals surface area contributed by atoms with Crippen LogP contribution in [0, 0.1) is 5.92 Å². The van der Waals surface area contributed by atoms with Crippen LogP contribution >= 0.6 is 15.9 Å². The zero-order chi connectivity index (χ0) is 13.8. The number of carbonyl (C=O) groups is 1. The Balaban J connectivity index is 2.30. The first kappa shape index (κ1) is 14.4. The highest BCUT2D eigenvalue weighted by Gasteiger charge is 2.25. The highest BCUT2D eigenvalue weighted by molar-refractivity contribution is 9.10. The van der Waals surface area contributed by atoms with Gasteiger partial charge in [0, 0.05) is 16.0 Å². The lowest BCUT2D eigenvalue weighted by Crippen LogP contribution is -2.18. The van der Waals surface area contributed by atoms with Gasteiger partial charge in [0.15, 0.2) is 17.3 Å². The summed E-state index contributed by atoms with van der Waals surface area (Å²) >= 11 is 3.46. The van der Waals surface area contributed by atoms with Crippen LogP contribution < -0.4 is 9.47 Å². The fraction of sp³-hybridized carbons (Fsp3) is 0.533. The average Bonchev–Trinajstić information content (AvgIpc) is 2.47. The number of rotatable bonds is 4. The fourth-order valence-corrected chi connectivity index (χ4v) is 3.15. The van der Waals surface area contributed by atoms with Crippen molar-refractivity contribution in [1.29, 1.82) is 0 Å². The fourth-order valence-electron chi connectivity index (χ4n) is 2.63. The maximum Gasteiger partial charge on any atom is 0.167 e. The molecule has 0 spiro atoms. The van der Waals surface area contributed by atoms with Gasteiger partial charge in [0.1, 0.15) is 0 Å². The number of ketones is 1. The van der Waals surface area contributed by atoms with Crippen LogP contribution in [-0.4, -0.2) is 20.0 Å². The van der Waals surface area contributed by atoms with Crippen molar-refractivity contribution in [3.8, 4) is 11.5 Å². The number of carbonyl (C=O) groups excluding carboxylic acids is 1. The molecule has 1 aromatic carbocycles. The minimum Gasteiger partial charge on any atom is -0.493 e. The Kier molecular flexibility index (Phi) is 4.86. The molecule has 19 heavy (non-hydrogen) atoms. The Labute approximate surface area is 122 Å². The maximum atomic E-state index is 12.6. The minimum atomic E-state index is 0.156. The summed E-state index contributed by atoms with van der Waals surface area (Å²) in [5.41, 5.74) is 0.699. The van der Waals surface area contributed by atoms with Gasteiger partial charge in [-0.3, -0.25) is 4.79 Å². The number of hydrogen-bond donors (Lipinski definition) is 0. The van der Waals surface area contributed by atoms with E-state index in [2.05, 4.69) is 15.9 Å². The summed E-state index contributed by atoms with van der Waals surface area (Å²) in [6.07, 6.45) is 5.55. The number of hydrogen-bond acceptors (Lipinski definition) is 3. The zero-order valence-corrected chi connectivity index (χ0v) is 13.0. The molecule has 1 aliphatic rings. The molecule has 1 saturated carbocycles. The number of ether oxygens (including phenoxy) is 2. The van der Waals surface area contributed by atoms with Crippen LogP contribution in [0.4, 0.5) is 0 Å². The van der Waals surface area contributed by atoms with Gasteiger partial charge in [-0.15, -0.1) is 0 Å². The van der Waals surface area contributed by atoms with Crippen molar-refractivity contribution in [3.63, 3.8) is 0 Å². The standard InChI is InChI=1S/C15H19BrO3/c1-18-13-8-11(12(16)9-14(13)19-2)15(17)10-6-4-3-5-7-10/h8-10H,3-7H2,1-2H3. The van der Waals surface area contributed by atoms with Gasteiger partial charge in [-0.1, -0.05) is 19.3 Å². The molecule has 4 heteroatoms. The molecular formula is C15H19BrO3. The molecule has 0 aromatic heterocycles. The molecule has 0 unspecified atom stereocenters. The van der Waals surface area contributed by atoms with Crippen LogP contribution in [0.15, 0.2) is 16.6 Å². The zero-order valence-electron chi connectivity index (χ0n) is 11.4. The summed E-state index contributed by atoms with van der Waals surface area (Å²) in [6.45, 7) is 0. The van der Waals surface area contributed by atoms with E-state index in [0.717, 1.165) is 30.2 Å². The van der Waals surface area contributed by atoms with Crippen molar-refractivity contribution in [2.24, 2.45) is 5.92 Å². The highest BCUT2D eigenvalue weighted by Crippen LogP contribution is 2.36. The van der Waals surface area contributed by atoms with Crippen LogP contribution in [0.25, 0.3) is 0 Å². The summed E-state index contributed by atoms with van der Waals surface area (Å²) in [6, 6.07) is 3.58. The van der Waals surface area contributed by atoms with Crippen molar-refractivity contribution in [2.75, 3.05) is 14.2 Å². The van der Waals surface area contributed by atoms with E-state index in [0.29, 0.717) is 17.1 Å². The van der Waals surface area contributed by atoms with Gasteiger partial charge in [-0.05, 0) is 40.9 Å². The van der Waals surface area contributed by atoms with Crippen LogP contribution in [-0.2, 0) is 0 Å². The lowest BCUT2D eigenvalue weighted by Gasteiger charge is -2.21. The molecule has 3 nitrogen and oxygen atoms in total. The summed E-state index contributed by atoms with van der Waals surface area (Å²) < 4.78 is 11.3. The van der Waals surface area contributed by atoms with E-state index in [1.165, 1.54) is 6.42 Å². The summed E-state index contributed by atoms with van der Waals surface area (Å²) in [5.74, 6) is 1.61. The van der Waals surface area contributed by atoms with Crippen molar-refractivity contribution in [1.82, 2.24) is 0 Å². The molecule has 0 bridgehead atoms. The van der Waals surface area contributed by atoms with Gasteiger partial charge in [-0.2, -0.15) is 0 Å². The van der Waals surface area contributed by atoms with Crippen molar-refractivity contribution < 1.29 is 14.3 Å². The Hall–Kier alpha value is -1.03. The first-order valence-electron chi connectivity index (χ1n) is 6.63. The van der Waals surface area contributed by atoms with Gasteiger partial charge in [0.2, 0.25) is 0 Å². The third-order valence-electron chi connectivity index (χ3n) is 3.71. The van der Waals surface area contributed by atoms with Crippen LogP contribution in [0.5, 0.6) is 11.5 Å². The van der Waals surface area contributed by atoms with Crippen LogP contribution in [0.3, 0.4) is 0 Å². The van der Waals surface area contributed by atoms with E-state index in [1.54, 1.807) is 26.4 Å². The Morgan fingerprint density at radius 3 is 2.26 bits per heavy atom. The lowest BCUT2D eigenvalue weighted by molar-refractivity contribution is 0.0888. The third kappa shape index (κ3) is 3.11. The summed E-state index contributed by atoms with van der Waals surface area (Å²) in [5, 5.41) is 0. The first-order chi connectivity index (χ1) is 9.17. The van der Waals surface area contributed by atoms with Gasteiger partial charge in [-0.25, -0.2) is 0 Å². The molecular weight excluding hydrogens is 308 g/mol. The Morgan fingerprint density at radius 1 is 1.11 bits per heavy atom. The van der Waals surface area contributed by atoms with E-state index in [4.69, 9.17) is 9.47 Å². The predicted molar refractivity (Wildman–Crippen MR) is 78.2 cm³/mol. The predicted octanol–water partition coefficient (Wildman–Crippen LogP) is 4.23. The smallest absolute Gasteiger partial charge is 0.167 e. The number of Topliss-reactive ketones (excluding diaryl/α,β-unsaturated/α-hetero) is 1. The SMILES string of the molecule is COc1cc(Br)c(C(=O)C2CCCCC2)cc1OC. The quantitative estimate of drug-likeness (QED) is 0.777. The molecule has 2 rings (SSSR count). The molecule has 1 aromatic rings. The van der Waals surface area contributed by atoms with E-state index in [9.17, 15) is 4.79 Å². The second kappa shape index (κ2) is 6.42. The lowest BCUT2D eigenvalue weighted by atomic mass is 9.84. The summed E-state index contributed by atoms with van der Waals surface area (Å²) in [7, 11) is 3.17. The minimum absolute atomic E-state index is 0.156. The van der Waals surface area contributed by atoms with Crippen molar-refractivity contribution in [2.45, 2.75) is 32.1 Å². The number of halogens is 1. The summed E-state index contributed by atoms with van der Waals surface area (Å²) in [4.78, 5) is 12.6. The molecule has 0 N–H and O–H groups in total. The van der Waals surface area contributed by atoms with Crippen LogP contribution in [0.2, 0.25) is 0 Å². The van der Waals surface area contributed by atoms with Crippen LogP contribution in [0.1, 0.15) is 42.5 Å². The largest absolute Gasteiger partial charge is 0.493 e. The van der Waals surface area contributed by atoms with Gasteiger partial charge in [0.05, 0.1) is 14.2 Å². The molecule has 0 amide bonds. The molecule has 1 aliphatic carbocycles.